The van der Waals surface area contributed by atoms with Crippen LogP contribution in [0.1, 0.15) is 18.4 Å². The van der Waals surface area contributed by atoms with Gasteiger partial charge in [0.2, 0.25) is 0 Å². The lowest BCUT2D eigenvalue weighted by Crippen LogP contribution is -2.32. The lowest BCUT2D eigenvalue weighted by Gasteiger charge is -2.25. The van der Waals surface area contributed by atoms with Crippen LogP contribution in [0.2, 0.25) is 0 Å². The minimum absolute atomic E-state index is 0.224. The standard InChI is InChI=1S/C15H19FN4O/c1-21-15-5-4-13(16)7-12(15)8-19-6-2-3-14(19)9-20-11-17-10-18-20/h4-5,7,10-11,14H,2-3,6,8-9H2,1H3. The van der Waals surface area contributed by atoms with Crippen molar-refractivity contribution in [3.8, 4) is 5.75 Å². The number of nitrogens with zero attached hydrogens (tertiary/aromatic N) is 4. The molecule has 3 rings (SSSR count). The van der Waals surface area contributed by atoms with Crippen molar-refractivity contribution in [1.29, 1.82) is 0 Å². The zero-order valence-corrected chi connectivity index (χ0v) is 12.1. The maximum absolute atomic E-state index is 13.5. The van der Waals surface area contributed by atoms with E-state index in [9.17, 15) is 4.39 Å². The summed E-state index contributed by atoms with van der Waals surface area (Å²) in [7, 11) is 1.62. The van der Waals surface area contributed by atoms with Gasteiger partial charge in [-0.05, 0) is 37.6 Å². The smallest absolute Gasteiger partial charge is 0.137 e. The number of benzene rings is 1. The number of likely N-dealkylation sites (tertiary alicyclic amines) is 1. The first kappa shape index (κ1) is 14.0. The van der Waals surface area contributed by atoms with E-state index in [1.54, 1.807) is 31.9 Å². The average molecular weight is 290 g/mol. The van der Waals surface area contributed by atoms with Crippen LogP contribution in [0.5, 0.6) is 5.75 Å². The summed E-state index contributed by atoms with van der Waals surface area (Å²) >= 11 is 0. The van der Waals surface area contributed by atoms with Crippen molar-refractivity contribution in [2.45, 2.75) is 32.0 Å². The summed E-state index contributed by atoms with van der Waals surface area (Å²) in [5.41, 5.74) is 0.892. The molecule has 1 aliphatic rings. The van der Waals surface area contributed by atoms with Gasteiger partial charge in [0, 0.05) is 18.2 Å². The summed E-state index contributed by atoms with van der Waals surface area (Å²) in [5, 5.41) is 4.16. The van der Waals surface area contributed by atoms with Crippen LogP contribution in [-0.4, -0.2) is 39.4 Å². The van der Waals surface area contributed by atoms with Crippen molar-refractivity contribution in [3.05, 3.63) is 42.2 Å². The Morgan fingerprint density at radius 1 is 1.43 bits per heavy atom. The molecule has 0 bridgehead atoms. The van der Waals surface area contributed by atoms with Crippen molar-refractivity contribution in [2.75, 3.05) is 13.7 Å². The van der Waals surface area contributed by atoms with Gasteiger partial charge in [0.15, 0.2) is 0 Å². The van der Waals surface area contributed by atoms with Crippen molar-refractivity contribution in [1.82, 2.24) is 19.7 Å². The minimum Gasteiger partial charge on any atom is -0.496 e. The van der Waals surface area contributed by atoms with Gasteiger partial charge in [-0.3, -0.25) is 9.58 Å². The fraction of sp³-hybridized carbons (Fsp3) is 0.467. The maximum Gasteiger partial charge on any atom is 0.137 e. The Hall–Kier alpha value is -1.95. The van der Waals surface area contributed by atoms with E-state index in [0.29, 0.717) is 12.6 Å². The van der Waals surface area contributed by atoms with Gasteiger partial charge in [-0.1, -0.05) is 0 Å². The molecule has 2 aromatic rings. The van der Waals surface area contributed by atoms with Crippen molar-refractivity contribution in [3.63, 3.8) is 0 Å². The maximum atomic E-state index is 13.5. The quantitative estimate of drug-likeness (QED) is 0.845. The second-order valence-electron chi connectivity index (χ2n) is 5.34. The molecule has 1 unspecified atom stereocenters. The number of hydrogen-bond acceptors (Lipinski definition) is 4. The van der Waals surface area contributed by atoms with E-state index in [-0.39, 0.29) is 5.82 Å². The topological polar surface area (TPSA) is 43.2 Å². The Kier molecular flexibility index (Phi) is 4.15. The number of ether oxygens (including phenoxy) is 1. The molecular weight excluding hydrogens is 271 g/mol. The summed E-state index contributed by atoms with van der Waals surface area (Å²) in [6, 6.07) is 5.08. The van der Waals surface area contributed by atoms with E-state index in [2.05, 4.69) is 15.0 Å². The molecule has 1 atom stereocenters. The van der Waals surface area contributed by atoms with Gasteiger partial charge < -0.3 is 4.74 Å². The number of methoxy groups -OCH3 is 1. The molecule has 6 heteroatoms. The van der Waals surface area contributed by atoms with Gasteiger partial charge in [-0.2, -0.15) is 5.10 Å². The van der Waals surface area contributed by atoms with Crippen LogP contribution in [0.15, 0.2) is 30.9 Å². The lowest BCUT2D eigenvalue weighted by atomic mass is 10.1. The Morgan fingerprint density at radius 2 is 2.33 bits per heavy atom. The summed E-state index contributed by atoms with van der Waals surface area (Å²) in [4.78, 5) is 6.34. The van der Waals surface area contributed by atoms with Gasteiger partial charge in [0.05, 0.1) is 13.7 Å². The Bertz CT molecular complexity index is 587. The van der Waals surface area contributed by atoms with Crippen LogP contribution in [0, 0.1) is 5.82 Å². The normalized spacial score (nSPS) is 19.0. The van der Waals surface area contributed by atoms with Gasteiger partial charge in [0.1, 0.15) is 24.2 Å². The van der Waals surface area contributed by atoms with E-state index < -0.39 is 0 Å². The fourth-order valence-corrected chi connectivity index (χ4v) is 2.94. The van der Waals surface area contributed by atoms with Crippen LogP contribution in [0.25, 0.3) is 0 Å². The highest BCUT2D eigenvalue weighted by atomic mass is 19.1. The SMILES string of the molecule is COc1ccc(F)cc1CN1CCCC1Cn1cncn1. The molecule has 0 amide bonds. The molecule has 21 heavy (non-hydrogen) atoms. The molecule has 112 valence electrons. The van der Waals surface area contributed by atoms with Crippen molar-refractivity contribution < 1.29 is 9.13 Å². The number of rotatable bonds is 5. The fourth-order valence-electron chi connectivity index (χ4n) is 2.94. The Balaban J connectivity index is 1.72. The second kappa shape index (κ2) is 6.22. The highest BCUT2D eigenvalue weighted by Crippen LogP contribution is 2.26. The van der Waals surface area contributed by atoms with E-state index in [4.69, 9.17) is 4.74 Å². The molecule has 1 aliphatic heterocycles. The van der Waals surface area contributed by atoms with Gasteiger partial charge in [-0.25, -0.2) is 9.37 Å². The predicted molar refractivity (Wildman–Crippen MR) is 76.4 cm³/mol. The first-order valence-corrected chi connectivity index (χ1v) is 7.15. The third-order valence-corrected chi connectivity index (χ3v) is 3.98. The van der Waals surface area contributed by atoms with E-state index in [1.165, 1.54) is 6.07 Å². The summed E-state index contributed by atoms with van der Waals surface area (Å²) < 4.78 is 20.6. The summed E-state index contributed by atoms with van der Waals surface area (Å²) in [5.74, 6) is 0.514. The summed E-state index contributed by atoms with van der Waals surface area (Å²) in [6.07, 6.45) is 5.56. The Labute approximate surface area is 123 Å². The molecule has 1 fully saturated rings. The van der Waals surface area contributed by atoms with E-state index >= 15 is 0 Å². The van der Waals surface area contributed by atoms with Crippen molar-refractivity contribution >= 4 is 0 Å². The van der Waals surface area contributed by atoms with Crippen LogP contribution in [0.4, 0.5) is 4.39 Å². The molecule has 0 N–H and O–H groups in total. The molecule has 1 saturated heterocycles. The Morgan fingerprint density at radius 3 is 3.10 bits per heavy atom. The molecular formula is C15H19FN4O. The highest BCUT2D eigenvalue weighted by molar-refractivity contribution is 5.34. The average Bonchev–Trinajstić information content (AvgIpc) is 3.12. The third-order valence-electron chi connectivity index (χ3n) is 3.98. The van der Waals surface area contributed by atoms with E-state index in [0.717, 1.165) is 37.2 Å². The van der Waals surface area contributed by atoms with Gasteiger partial charge in [-0.15, -0.1) is 0 Å². The number of halogens is 1. The number of hydrogen-bond donors (Lipinski definition) is 0. The molecule has 0 radical (unpaired) electrons. The van der Waals surface area contributed by atoms with Gasteiger partial charge >= 0.3 is 0 Å². The van der Waals surface area contributed by atoms with Crippen molar-refractivity contribution in [2.24, 2.45) is 0 Å². The molecule has 1 aromatic heterocycles. The van der Waals surface area contributed by atoms with Crippen LogP contribution < -0.4 is 4.74 Å². The number of aromatic nitrogens is 3. The molecule has 0 aliphatic carbocycles. The van der Waals surface area contributed by atoms with Crippen LogP contribution >= 0.6 is 0 Å². The third kappa shape index (κ3) is 3.21. The molecule has 1 aromatic carbocycles. The molecule has 5 nitrogen and oxygen atoms in total. The van der Waals surface area contributed by atoms with E-state index in [1.807, 2.05) is 4.68 Å². The first-order chi connectivity index (χ1) is 10.3. The van der Waals surface area contributed by atoms with Crippen LogP contribution in [-0.2, 0) is 13.1 Å². The second-order valence-corrected chi connectivity index (χ2v) is 5.34. The minimum atomic E-state index is -0.224. The zero-order chi connectivity index (χ0) is 14.7. The summed E-state index contributed by atoms with van der Waals surface area (Å²) in [6.45, 7) is 2.52. The largest absolute Gasteiger partial charge is 0.496 e. The van der Waals surface area contributed by atoms with Crippen LogP contribution in [0.3, 0.4) is 0 Å². The molecule has 0 spiro atoms. The monoisotopic (exact) mass is 290 g/mol. The zero-order valence-electron chi connectivity index (χ0n) is 12.1. The predicted octanol–water partition coefficient (Wildman–Crippen LogP) is 2.09. The lowest BCUT2D eigenvalue weighted by molar-refractivity contribution is 0.216. The first-order valence-electron chi connectivity index (χ1n) is 7.15. The highest BCUT2D eigenvalue weighted by Gasteiger charge is 2.26. The molecule has 0 saturated carbocycles. The molecule has 2 heterocycles. The van der Waals surface area contributed by atoms with Gasteiger partial charge in [0.25, 0.3) is 0 Å².